The van der Waals surface area contributed by atoms with Gasteiger partial charge in [0, 0.05) is 6.04 Å². The summed E-state index contributed by atoms with van der Waals surface area (Å²) in [7, 11) is 2.24. The van der Waals surface area contributed by atoms with E-state index in [4.69, 9.17) is 0 Å². The molecule has 0 spiro atoms. The van der Waals surface area contributed by atoms with Crippen molar-refractivity contribution < 1.29 is 0 Å². The van der Waals surface area contributed by atoms with Gasteiger partial charge in [-0.15, -0.1) is 0 Å². The minimum absolute atomic E-state index is 0.838. The lowest BCUT2D eigenvalue weighted by atomic mass is 9.96. The Morgan fingerprint density at radius 1 is 1.06 bits per heavy atom. The number of likely N-dealkylation sites (tertiary alicyclic amines) is 1. The number of nitrogens with one attached hydrogen (secondary N) is 1. The lowest BCUT2D eigenvalue weighted by Crippen LogP contribution is -2.37. The smallest absolute Gasteiger partial charge is 0.00699 e. The highest BCUT2D eigenvalue weighted by Gasteiger charge is 2.24. The van der Waals surface area contributed by atoms with Gasteiger partial charge in [0.1, 0.15) is 0 Å². The van der Waals surface area contributed by atoms with Crippen LogP contribution in [0.1, 0.15) is 45.4 Å². The fraction of sp³-hybridized carbons (Fsp3) is 1.00. The Labute approximate surface area is 101 Å². The van der Waals surface area contributed by atoms with Gasteiger partial charge in [0.25, 0.3) is 0 Å². The summed E-state index contributed by atoms with van der Waals surface area (Å²) < 4.78 is 0. The lowest BCUT2D eigenvalue weighted by molar-refractivity contribution is 0.212. The molecule has 1 saturated carbocycles. The first kappa shape index (κ1) is 12.4. The minimum Gasteiger partial charge on any atom is -0.314 e. The number of nitrogens with zero attached hydrogens (tertiary/aromatic N) is 1. The van der Waals surface area contributed by atoms with Crippen molar-refractivity contribution in [1.82, 2.24) is 10.2 Å². The summed E-state index contributed by atoms with van der Waals surface area (Å²) in [5.41, 5.74) is 0. The van der Waals surface area contributed by atoms with E-state index in [-0.39, 0.29) is 0 Å². The average Bonchev–Trinajstić information content (AvgIpc) is 2.76. The second-order valence-electron chi connectivity index (χ2n) is 5.94. The zero-order chi connectivity index (χ0) is 11.4. The van der Waals surface area contributed by atoms with E-state index >= 15 is 0 Å². The van der Waals surface area contributed by atoms with Crippen LogP contribution in [0, 0.1) is 11.8 Å². The maximum atomic E-state index is 3.81. The largest absolute Gasteiger partial charge is 0.314 e. The highest BCUT2D eigenvalue weighted by Crippen LogP contribution is 2.28. The van der Waals surface area contributed by atoms with Gasteiger partial charge in [0.05, 0.1) is 0 Å². The van der Waals surface area contributed by atoms with Crippen LogP contribution in [0.3, 0.4) is 0 Å². The first-order valence-corrected chi connectivity index (χ1v) is 7.19. The molecule has 0 bridgehead atoms. The molecule has 1 aliphatic carbocycles. The third-order valence-corrected chi connectivity index (χ3v) is 4.65. The van der Waals surface area contributed by atoms with E-state index in [1.54, 1.807) is 0 Å². The molecule has 2 nitrogen and oxygen atoms in total. The van der Waals surface area contributed by atoms with Crippen LogP contribution in [-0.4, -0.2) is 37.6 Å². The van der Waals surface area contributed by atoms with E-state index in [9.17, 15) is 0 Å². The predicted molar refractivity (Wildman–Crippen MR) is 69.6 cm³/mol. The van der Waals surface area contributed by atoms with E-state index in [0.29, 0.717) is 0 Å². The summed E-state index contributed by atoms with van der Waals surface area (Å²) in [6, 6.07) is 0.838. The minimum atomic E-state index is 0.838. The third kappa shape index (κ3) is 3.46. The normalized spacial score (nSPS) is 33.4. The second-order valence-corrected chi connectivity index (χ2v) is 5.94. The summed E-state index contributed by atoms with van der Waals surface area (Å²) in [5, 5.41) is 3.81. The van der Waals surface area contributed by atoms with Gasteiger partial charge >= 0.3 is 0 Å². The Hall–Kier alpha value is -0.0800. The lowest BCUT2D eigenvalue weighted by Gasteiger charge is -2.29. The van der Waals surface area contributed by atoms with Gasteiger partial charge in [-0.3, -0.25) is 0 Å². The highest BCUT2D eigenvalue weighted by molar-refractivity contribution is 4.81. The predicted octanol–water partition coefficient (Wildman–Crippen LogP) is 2.50. The van der Waals surface area contributed by atoms with Crippen LogP contribution in [0.15, 0.2) is 0 Å². The molecule has 0 aromatic heterocycles. The molecule has 1 heterocycles. The van der Waals surface area contributed by atoms with Crippen molar-refractivity contribution in [2.24, 2.45) is 11.8 Å². The van der Waals surface area contributed by atoms with E-state index in [1.165, 1.54) is 58.2 Å². The molecule has 2 unspecified atom stereocenters. The fourth-order valence-corrected chi connectivity index (χ4v) is 3.23. The van der Waals surface area contributed by atoms with Gasteiger partial charge in [-0.2, -0.15) is 0 Å². The maximum absolute atomic E-state index is 3.81. The molecule has 2 aliphatic rings. The topological polar surface area (TPSA) is 15.3 Å². The first-order chi connectivity index (χ1) is 7.78. The monoisotopic (exact) mass is 224 g/mol. The molecule has 16 heavy (non-hydrogen) atoms. The van der Waals surface area contributed by atoms with Crippen LogP contribution in [0.25, 0.3) is 0 Å². The van der Waals surface area contributed by atoms with Crippen molar-refractivity contribution >= 4 is 0 Å². The number of rotatable bonds is 4. The Bertz CT molecular complexity index is 195. The molecule has 0 amide bonds. The van der Waals surface area contributed by atoms with Gasteiger partial charge < -0.3 is 10.2 Å². The zero-order valence-electron chi connectivity index (χ0n) is 11.0. The van der Waals surface area contributed by atoms with Crippen molar-refractivity contribution in [2.45, 2.75) is 51.5 Å². The molecule has 1 aliphatic heterocycles. The highest BCUT2D eigenvalue weighted by atomic mass is 15.1. The van der Waals surface area contributed by atoms with Crippen LogP contribution < -0.4 is 5.32 Å². The molecular formula is C14H28N2. The molecule has 0 aromatic rings. The molecule has 2 atom stereocenters. The summed E-state index contributed by atoms with van der Waals surface area (Å²) in [5.74, 6) is 1.95. The van der Waals surface area contributed by atoms with E-state index in [2.05, 4.69) is 24.2 Å². The Balaban J connectivity index is 1.61. The van der Waals surface area contributed by atoms with E-state index in [1.807, 2.05) is 0 Å². The molecule has 0 aromatic carbocycles. The number of hydrogen-bond acceptors (Lipinski definition) is 2. The van der Waals surface area contributed by atoms with Gasteiger partial charge in [-0.05, 0) is 70.6 Å². The Kier molecular flexibility index (Phi) is 4.66. The number of piperidine rings is 1. The molecule has 2 rings (SSSR count). The van der Waals surface area contributed by atoms with Crippen molar-refractivity contribution in [1.29, 1.82) is 0 Å². The van der Waals surface area contributed by atoms with Crippen molar-refractivity contribution in [3.8, 4) is 0 Å². The van der Waals surface area contributed by atoms with Crippen LogP contribution in [-0.2, 0) is 0 Å². The standard InChI is InChI=1S/C14H28N2/c1-3-12-4-5-14(10-12)15-11-13-6-8-16(2)9-7-13/h12-15H,3-11H2,1-2H3. The molecule has 2 heteroatoms. The molecular weight excluding hydrogens is 196 g/mol. The van der Waals surface area contributed by atoms with Crippen LogP contribution >= 0.6 is 0 Å². The summed E-state index contributed by atoms with van der Waals surface area (Å²) >= 11 is 0. The molecule has 2 fully saturated rings. The van der Waals surface area contributed by atoms with Gasteiger partial charge in [0.2, 0.25) is 0 Å². The van der Waals surface area contributed by atoms with Crippen molar-refractivity contribution in [2.75, 3.05) is 26.7 Å². The first-order valence-electron chi connectivity index (χ1n) is 7.19. The number of hydrogen-bond donors (Lipinski definition) is 1. The van der Waals surface area contributed by atoms with E-state index in [0.717, 1.165) is 17.9 Å². The fourth-order valence-electron chi connectivity index (χ4n) is 3.23. The van der Waals surface area contributed by atoms with Crippen LogP contribution in [0.4, 0.5) is 0 Å². The molecule has 1 N–H and O–H groups in total. The quantitative estimate of drug-likeness (QED) is 0.789. The molecule has 1 saturated heterocycles. The molecule has 0 radical (unpaired) electrons. The third-order valence-electron chi connectivity index (χ3n) is 4.65. The van der Waals surface area contributed by atoms with Crippen molar-refractivity contribution in [3.05, 3.63) is 0 Å². The Morgan fingerprint density at radius 3 is 2.44 bits per heavy atom. The second kappa shape index (κ2) is 6.02. The van der Waals surface area contributed by atoms with E-state index < -0.39 is 0 Å². The van der Waals surface area contributed by atoms with Gasteiger partial charge in [-0.25, -0.2) is 0 Å². The maximum Gasteiger partial charge on any atom is 0.00699 e. The summed E-state index contributed by atoms with van der Waals surface area (Å²) in [4.78, 5) is 2.46. The van der Waals surface area contributed by atoms with Crippen LogP contribution in [0.5, 0.6) is 0 Å². The van der Waals surface area contributed by atoms with Gasteiger partial charge in [-0.1, -0.05) is 13.3 Å². The zero-order valence-corrected chi connectivity index (χ0v) is 11.0. The Morgan fingerprint density at radius 2 is 1.81 bits per heavy atom. The summed E-state index contributed by atoms with van der Waals surface area (Å²) in [6.45, 7) is 6.21. The summed E-state index contributed by atoms with van der Waals surface area (Å²) in [6.07, 6.45) is 8.49. The SMILES string of the molecule is CCC1CCC(NCC2CCN(C)CC2)C1. The van der Waals surface area contributed by atoms with Crippen LogP contribution in [0.2, 0.25) is 0 Å². The van der Waals surface area contributed by atoms with Gasteiger partial charge in [0.15, 0.2) is 0 Å². The van der Waals surface area contributed by atoms with Crippen molar-refractivity contribution in [3.63, 3.8) is 0 Å². The average molecular weight is 224 g/mol. The molecule has 94 valence electrons.